The Morgan fingerprint density at radius 2 is 2.13 bits per heavy atom. The fourth-order valence-electron chi connectivity index (χ4n) is 2.79. The molecule has 1 unspecified atom stereocenters. The molecule has 4 nitrogen and oxygen atoms in total. The zero-order valence-electron chi connectivity index (χ0n) is 12.8. The van der Waals surface area contributed by atoms with Gasteiger partial charge in [-0.2, -0.15) is 0 Å². The number of nitrogens with one attached hydrogen (secondary N) is 1. The molecular weight excluding hydrogens is 297 g/mol. The molecule has 1 aliphatic heterocycles. The number of hydrogen-bond donors (Lipinski definition) is 2. The normalized spacial score (nSPS) is 14.8. The monoisotopic (exact) mass is 315 g/mol. The molecule has 2 aromatic rings. The van der Waals surface area contributed by atoms with Crippen LogP contribution in [-0.4, -0.2) is 24.2 Å². The topological polar surface area (TPSA) is 58.6 Å². The van der Waals surface area contributed by atoms with E-state index in [9.17, 15) is 14.3 Å². The van der Waals surface area contributed by atoms with Crippen LogP contribution in [0.3, 0.4) is 0 Å². The highest BCUT2D eigenvalue weighted by molar-refractivity contribution is 5.97. The van der Waals surface area contributed by atoms with Crippen molar-refractivity contribution in [2.45, 2.75) is 19.4 Å². The fraction of sp³-hybridized carbons (Fsp3) is 0.278. The van der Waals surface area contributed by atoms with E-state index in [1.165, 1.54) is 12.1 Å². The Morgan fingerprint density at radius 3 is 2.87 bits per heavy atom. The van der Waals surface area contributed by atoms with E-state index in [0.717, 1.165) is 17.5 Å². The Kier molecular flexibility index (Phi) is 4.30. The summed E-state index contributed by atoms with van der Waals surface area (Å²) in [5.74, 6) is -0.0209. The molecule has 0 saturated heterocycles. The molecule has 5 heteroatoms. The highest BCUT2D eigenvalue weighted by Crippen LogP contribution is 2.26. The Hall–Kier alpha value is -2.40. The van der Waals surface area contributed by atoms with Gasteiger partial charge in [-0.25, -0.2) is 4.39 Å². The number of ether oxygens (including phenoxy) is 1. The van der Waals surface area contributed by atoms with E-state index in [1.807, 2.05) is 6.07 Å². The lowest BCUT2D eigenvalue weighted by atomic mass is 10.00. The van der Waals surface area contributed by atoms with E-state index < -0.39 is 6.10 Å². The van der Waals surface area contributed by atoms with Gasteiger partial charge in [0.1, 0.15) is 17.7 Å². The third-order valence-electron chi connectivity index (χ3n) is 3.89. The van der Waals surface area contributed by atoms with Gasteiger partial charge in [-0.3, -0.25) is 4.79 Å². The predicted octanol–water partition coefficient (Wildman–Crippen LogP) is 2.53. The Morgan fingerprint density at radius 1 is 1.30 bits per heavy atom. The second kappa shape index (κ2) is 6.38. The molecular formula is C18H18FNO3. The van der Waals surface area contributed by atoms with Crippen LogP contribution in [-0.2, 0) is 6.42 Å². The number of rotatable bonds is 4. The molecule has 0 aliphatic carbocycles. The second-order valence-electron chi connectivity index (χ2n) is 5.68. The average molecular weight is 315 g/mol. The first-order valence-corrected chi connectivity index (χ1v) is 7.52. The number of carbonyl (C=O) groups is 1. The van der Waals surface area contributed by atoms with Crippen molar-refractivity contribution in [1.29, 1.82) is 0 Å². The summed E-state index contributed by atoms with van der Waals surface area (Å²) >= 11 is 0. The minimum atomic E-state index is -0.686. The molecule has 0 spiro atoms. The van der Waals surface area contributed by atoms with E-state index in [4.69, 9.17) is 4.74 Å². The van der Waals surface area contributed by atoms with Gasteiger partial charge in [-0.1, -0.05) is 12.1 Å². The zero-order valence-corrected chi connectivity index (χ0v) is 12.8. The van der Waals surface area contributed by atoms with Crippen LogP contribution in [0, 0.1) is 12.7 Å². The number of fused-ring (bicyclic) bond motifs is 1. The number of halogens is 1. The number of benzene rings is 2. The Bertz CT molecular complexity index is 725. The lowest BCUT2D eigenvalue weighted by Crippen LogP contribution is -2.31. The summed E-state index contributed by atoms with van der Waals surface area (Å²) < 4.78 is 19.3. The minimum Gasteiger partial charge on any atom is -0.483 e. The Labute approximate surface area is 133 Å². The minimum absolute atomic E-state index is 0.126. The molecule has 0 saturated carbocycles. The molecule has 1 aliphatic rings. The van der Waals surface area contributed by atoms with Crippen molar-refractivity contribution in [3.05, 3.63) is 64.5 Å². The molecule has 1 heterocycles. The zero-order chi connectivity index (χ0) is 16.4. The highest BCUT2D eigenvalue weighted by Gasteiger charge is 2.19. The van der Waals surface area contributed by atoms with Crippen LogP contribution in [0.25, 0.3) is 0 Å². The van der Waals surface area contributed by atoms with Crippen LogP contribution >= 0.6 is 0 Å². The van der Waals surface area contributed by atoms with Gasteiger partial charge in [0.15, 0.2) is 0 Å². The van der Waals surface area contributed by atoms with Gasteiger partial charge in [0.2, 0.25) is 0 Å². The summed E-state index contributed by atoms with van der Waals surface area (Å²) in [7, 11) is 0. The highest BCUT2D eigenvalue weighted by atomic mass is 19.1. The summed E-state index contributed by atoms with van der Waals surface area (Å²) in [6, 6.07) is 9.83. The predicted molar refractivity (Wildman–Crippen MR) is 84.1 cm³/mol. The van der Waals surface area contributed by atoms with Gasteiger partial charge < -0.3 is 15.2 Å². The van der Waals surface area contributed by atoms with Crippen molar-refractivity contribution in [2.75, 3.05) is 13.2 Å². The molecule has 0 bridgehead atoms. The van der Waals surface area contributed by atoms with Crippen molar-refractivity contribution in [2.24, 2.45) is 0 Å². The van der Waals surface area contributed by atoms with E-state index in [1.54, 1.807) is 25.1 Å². The van der Waals surface area contributed by atoms with Gasteiger partial charge in [0, 0.05) is 12.1 Å². The summed E-state index contributed by atoms with van der Waals surface area (Å²) in [5, 5.41) is 12.4. The fourth-order valence-corrected chi connectivity index (χ4v) is 2.79. The van der Waals surface area contributed by atoms with Gasteiger partial charge >= 0.3 is 0 Å². The van der Waals surface area contributed by atoms with Crippen LogP contribution in [0.2, 0.25) is 0 Å². The first-order chi connectivity index (χ1) is 11.1. The van der Waals surface area contributed by atoms with Crippen LogP contribution in [0.15, 0.2) is 36.4 Å². The standard InChI is InChI=1S/C18H18FNO3/c1-11-6-13(8-14(19)7-11)17(10-21)23-15-3-2-12-4-5-20-18(22)16(12)9-15/h2-3,6-9,17,21H,4-5,10H2,1H3,(H,20,22). The summed E-state index contributed by atoms with van der Waals surface area (Å²) in [4.78, 5) is 11.9. The number of aliphatic hydroxyl groups excluding tert-OH is 1. The lowest BCUT2D eigenvalue weighted by Gasteiger charge is -2.21. The number of aryl methyl sites for hydroxylation is 1. The molecule has 2 aromatic carbocycles. The molecule has 3 rings (SSSR count). The molecule has 1 atom stereocenters. The van der Waals surface area contributed by atoms with Gasteiger partial charge in [0.25, 0.3) is 5.91 Å². The molecule has 23 heavy (non-hydrogen) atoms. The van der Waals surface area contributed by atoms with Crippen LogP contribution in [0.4, 0.5) is 4.39 Å². The number of amides is 1. The average Bonchev–Trinajstić information content (AvgIpc) is 2.52. The third kappa shape index (κ3) is 3.35. The summed E-state index contributed by atoms with van der Waals surface area (Å²) in [5.41, 5.74) is 2.88. The SMILES string of the molecule is Cc1cc(F)cc(C(CO)Oc2ccc3c(c2)C(=O)NCC3)c1. The van der Waals surface area contributed by atoms with Crippen molar-refractivity contribution in [3.63, 3.8) is 0 Å². The van der Waals surface area contributed by atoms with Crippen LogP contribution in [0.1, 0.15) is 33.2 Å². The number of carbonyl (C=O) groups excluding carboxylic acids is 1. The molecule has 120 valence electrons. The quantitative estimate of drug-likeness (QED) is 0.911. The van der Waals surface area contributed by atoms with E-state index in [0.29, 0.717) is 23.4 Å². The molecule has 2 N–H and O–H groups in total. The maximum Gasteiger partial charge on any atom is 0.251 e. The van der Waals surface area contributed by atoms with Crippen LogP contribution < -0.4 is 10.1 Å². The molecule has 1 amide bonds. The summed E-state index contributed by atoms with van der Waals surface area (Å²) in [6.07, 6.45) is 0.0996. The third-order valence-corrected chi connectivity index (χ3v) is 3.89. The van der Waals surface area contributed by atoms with Gasteiger partial charge in [0.05, 0.1) is 6.61 Å². The second-order valence-corrected chi connectivity index (χ2v) is 5.68. The molecule has 0 fully saturated rings. The van der Waals surface area contributed by atoms with E-state index >= 15 is 0 Å². The maximum absolute atomic E-state index is 13.5. The van der Waals surface area contributed by atoms with Crippen LogP contribution in [0.5, 0.6) is 5.75 Å². The summed E-state index contributed by atoms with van der Waals surface area (Å²) in [6.45, 7) is 2.13. The smallest absolute Gasteiger partial charge is 0.251 e. The largest absolute Gasteiger partial charge is 0.483 e. The van der Waals surface area contributed by atoms with Crippen molar-refractivity contribution >= 4 is 5.91 Å². The maximum atomic E-state index is 13.5. The first kappa shape index (κ1) is 15.5. The number of aliphatic hydroxyl groups is 1. The first-order valence-electron chi connectivity index (χ1n) is 7.52. The Balaban J connectivity index is 1.87. The van der Waals surface area contributed by atoms with Gasteiger partial charge in [-0.05, 0) is 54.3 Å². The van der Waals surface area contributed by atoms with Crippen molar-refractivity contribution in [1.82, 2.24) is 5.32 Å². The van der Waals surface area contributed by atoms with E-state index in [-0.39, 0.29) is 18.3 Å². The molecule has 0 radical (unpaired) electrons. The number of hydrogen-bond acceptors (Lipinski definition) is 3. The lowest BCUT2D eigenvalue weighted by molar-refractivity contribution is 0.0943. The van der Waals surface area contributed by atoms with E-state index in [2.05, 4.69) is 5.32 Å². The van der Waals surface area contributed by atoms with Gasteiger partial charge in [-0.15, -0.1) is 0 Å². The van der Waals surface area contributed by atoms with Crippen molar-refractivity contribution < 1.29 is 19.0 Å². The van der Waals surface area contributed by atoms with Crippen molar-refractivity contribution in [3.8, 4) is 5.75 Å². The molecule has 0 aromatic heterocycles.